The van der Waals surface area contributed by atoms with E-state index in [0.29, 0.717) is 24.2 Å². The Morgan fingerprint density at radius 2 is 1.70 bits per heavy atom. The Labute approximate surface area is 159 Å². The topological polar surface area (TPSA) is 46.6 Å². The van der Waals surface area contributed by atoms with Crippen LogP contribution in [0.3, 0.4) is 0 Å². The molecule has 1 saturated heterocycles. The average Bonchev–Trinajstić information content (AvgIpc) is 2.90. The number of likely N-dealkylation sites (tertiary alicyclic amines) is 1. The van der Waals surface area contributed by atoms with Crippen LogP contribution in [0.4, 0.5) is 0 Å². The van der Waals surface area contributed by atoms with Gasteiger partial charge in [-0.25, -0.2) is 0 Å². The van der Waals surface area contributed by atoms with Gasteiger partial charge in [-0.05, 0) is 38.0 Å². The van der Waals surface area contributed by atoms with Crippen molar-refractivity contribution in [3.63, 3.8) is 0 Å². The van der Waals surface area contributed by atoms with Crippen molar-refractivity contribution < 1.29 is 14.3 Å². The summed E-state index contributed by atoms with van der Waals surface area (Å²) >= 11 is 0. The number of hydrogen-bond donors (Lipinski definition) is 0. The predicted octanol–water partition coefficient (Wildman–Crippen LogP) is 4.36. The van der Waals surface area contributed by atoms with Gasteiger partial charge in [0.15, 0.2) is 5.78 Å². The molecule has 0 aliphatic carbocycles. The standard InChI is InChI=1S/C23H23NO3/c1-17(25)19-8-3-4-9-20(19)22(26)24-15-6-12-23(14-16-24)13-11-18-7-2-5-10-21(18)27-23/h2-5,7-11,13H,6,12,14-16H2,1H3/t23-/m0/s1. The van der Waals surface area contributed by atoms with Crippen LogP contribution in [0, 0.1) is 0 Å². The Morgan fingerprint density at radius 3 is 2.52 bits per heavy atom. The third kappa shape index (κ3) is 3.39. The van der Waals surface area contributed by atoms with Gasteiger partial charge >= 0.3 is 0 Å². The van der Waals surface area contributed by atoms with Crippen molar-refractivity contribution in [3.8, 4) is 5.75 Å². The van der Waals surface area contributed by atoms with Gasteiger partial charge in [0.25, 0.3) is 5.91 Å². The number of carbonyl (C=O) groups excluding carboxylic acids is 2. The number of carbonyl (C=O) groups is 2. The third-order valence-corrected chi connectivity index (χ3v) is 5.46. The van der Waals surface area contributed by atoms with Gasteiger partial charge in [0.1, 0.15) is 11.4 Å². The van der Waals surface area contributed by atoms with Gasteiger partial charge in [-0.1, -0.05) is 42.5 Å². The lowest BCUT2D eigenvalue weighted by Gasteiger charge is -2.34. The van der Waals surface area contributed by atoms with Crippen LogP contribution in [0.2, 0.25) is 0 Å². The van der Waals surface area contributed by atoms with E-state index < -0.39 is 0 Å². The second-order valence-electron chi connectivity index (χ2n) is 7.29. The molecule has 0 radical (unpaired) electrons. The Morgan fingerprint density at radius 1 is 0.963 bits per heavy atom. The highest BCUT2D eigenvalue weighted by molar-refractivity contribution is 6.07. The molecular weight excluding hydrogens is 338 g/mol. The predicted molar refractivity (Wildman–Crippen MR) is 105 cm³/mol. The fourth-order valence-electron chi connectivity index (χ4n) is 3.95. The lowest BCUT2D eigenvalue weighted by Crippen LogP contribution is -2.38. The van der Waals surface area contributed by atoms with Crippen molar-refractivity contribution in [2.24, 2.45) is 0 Å². The van der Waals surface area contributed by atoms with Gasteiger partial charge in [-0.2, -0.15) is 0 Å². The number of nitrogens with zero attached hydrogens (tertiary/aromatic N) is 1. The molecule has 2 aromatic carbocycles. The van der Waals surface area contributed by atoms with E-state index in [2.05, 4.69) is 12.2 Å². The van der Waals surface area contributed by atoms with E-state index in [0.717, 1.165) is 30.6 Å². The molecule has 1 spiro atoms. The van der Waals surface area contributed by atoms with E-state index in [-0.39, 0.29) is 17.3 Å². The molecular formula is C23H23NO3. The molecule has 0 bridgehead atoms. The van der Waals surface area contributed by atoms with Crippen molar-refractivity contribution in [3.05, 3.63) is 71.3 Å². The van der Waals surface area contributed by atoms with Gasteiger partial charge in [0.05, 0.1) is 5.56 Å². The van der Waals surface area contributed by atoms with Gasteiger partial charge in [-0.3, -0.25) is 9.59 Å². The van der Waals surface area contributed by atoms with Gasteiger partial charge in [0.2, 0.25) is 0 Å². The molecule has 0 aromatic heterocycles. The molecule has 2 aliphatic heterocycles. The maximum absolute atomic E-state index is 13.1. The molecule has 2 aliphatic rings. The number of ether oxygens (including phenoxy) is 1. The highest BCUT2D eigenvalue weighted by atomic mass is 16.5. The fourth-order valence-corrected chi connectivity index (χ4v) is 3.95. The quantitative estimate of drug-likeness (QED) is 0.747. The van der Waals surface area contributed by atoms with Gasteiger partial charge < -0.3 is 9.64 Å². The summed E-state index contributed by atoms with van der Waals surface area (Å²) in [5.41, 5.74) is 1.72. The average molecular weight is 361 g/mol. The molecule has 4 heteroatoms. The molecule has 138 valence electrons. The highest BCUT2D eigenvalue weighted by Gasteiger charge is 2.36. The Balaban J connectivity index is 1.53. The summed E-state index contributed by atoms with van der Waals surface area (Å²) in [5, 5.41) is 0. The molecule has 1 amide bonds. The zero-order chi connectivity index (χ0) is 18.9. The zero-order valence-electron chi connectivity index (χ0n) is 15.5. The molecule has 1 fully saturated rings. The molecule has 0 saturated carbocycles. The van der Waals surface area contributed by atoms with Crippen molar-refractivity contribution in [2.75, 3.05) is 13.1 Å². The molecule has 2 heterocycles. The first-order valence-electron chi connectivity index (χ1n) is 9.45. The van der Waals surface area contributed by atoms with Crippen molar-refractivity contribution in [2.45, 2.75) is 31.8 Å². The summed E-state index contributed by atoms with van der Waals surface area (Å²) < 4.78 is 6.36. The molecule has 4 rings (SSSR count). The van der Waals surface area contributed by atoms with Crippen molar-refractivity contribution in [1.82, 2.24) is 4.90 Å². The number of benzene rings is 2. The zero-order valence-corrected chi connectivity index (χ0v) is 15.5. The maximum Gasteiger partial charge on any atom is 0.254 e. The minimum atomic E-state index is -0.358. The van der Waals surface area contributed by atoms with Crippen molar-refractivity contribution in [1.29, 1.82) is 0 Å². The SMILES string of the molecule is CC(=O)c1ccccc1C(=O)N1CCC[C@]2(C=Cc3ccccc3O2)CC1. The molecule has 2 aromatic rings. The second-order valence-corrected chi connectivity index (χ2v) is 7.29. The molecule has 27 heavy (non-hydrogen) atoms. The lowest BCUT2D eigenvalue weighted by molar-refractivity contribution is 0.0726. The second kappa shape index (κ2) is 7.03. The third-order valence-electron chi connectivity index (χ3n) is 5.46. The Hall–Kier alpha value is -2.88. The summed E-state index contributed by atoms with van der Waals surface area (Å²) in [6, 6.07) is 15.1. The Bertz CT molecular complexity index is 917. The minimum Gasteiger partial charge on any atom is -0.483 e. The highest BCUT2D eigenvalue weighted by Crippen LogP contribution is 2.37. The number of rotatable bonds is 2. The van der Waals surface area contributed by atoms with E-state index >= 15 is 0 Å². The maximum atomic E-state index is 13.1. The number of Topliss-reactive ketones (excluding diaryl/α,β-unsaturated/α-hetero) is 1. The molecule has 1 atom stereocenters. The summed E-state index contributed by atoms with van der Waals surface area (Å²) in [7, 11) is 0. The minimum absolute atomic E-state index is 0.0713. The van der Waals surface area contributed by atoms with Crippen LogP contribution in [0.25, 0.3) is 6.08 Å². The number of ketones is 1. The fraction of sp³-hybridized carbons (Fsp3) is 0.304. The summed E-state index contributed by atoms with van der Waals surface area (Å²) in [6.45, 7) is 2.78. The molecule has 4 nitrogen and oxygen atoms in total. The summed E-state index contributed by atoms with van der Waals surface area (Å²) in [4.78, 5) is 26.8. The number of para-hydroxylation sites is 1. The van der Waals surface area contributed by atoms with Gasteiger partial charge in [-0.15, -0.1) is 0 Å². The molecule has 0 unspecified atom stereocenters. The van der Waals surface area contributed by atoms with E-state index in [9.17, 15) is 9.59 Å². The monoisotopic (exact) mass is 361 g/mol. The lowest BCUT2D eigenvalue weighted by atomic mass is 9.91. The van der Waals surface area contributed by atoms with E-state index in [4.69, 9.17) is 4.74 Å². The number of hydrogen-bond acceptors (Lipinski definition) is 3. The normalized spacial score (nSPS) is 21.3. The van der Waals surface area contributed by atoms with E-state index in [1.54, 1.807) is 18.2 Å². The summed E-state index contributed by atoms with van der Waals surface area (Å²) in [5.74, 6) is 0.750. The first kappa shape index (κ1) is 17.5. The summed E-state index contributed by atoms with van der Waals surface area (Å²) in [6.07, 6.45) is 6.75. The number of amides is 1. The largest absolute Gasteiger partial charge is 0.483 e. The Kier molecular flexibility index (Phi) is 4.56. The van der Waals surface area contributed by atoms with Crippen molar-refractivity contribution >= 4 is 17.8 Å². The van der Waals surface area contributed by atoms with Crippen LogP contribution >= 0.6 is 0 Å². The van der Waals surface area contributed by atoms with E-state index in [1.807, 2.05) is 35.2 Å². The van der Waals surface area contributed by atoms with Crippen LogP contribution in [-0.2, 0) is 0 Å². The molecule has 0 N–H and O–H groups in total. The van der Waals surface area contributed by atoms with Crippen LogP contribution < -0.4 is 4.74 Å². The van der Waals surface area contributed by atoms with Crippen LogP contribution in [0.1, 0.15) is 52.5 Å². The van der Waals surface area contributed by atoms with Crippen LogP contribution in [0.15, 0.2) is 54.6 Å². The van der Waals surface area contributed by atoms with Crippen LogP contribution in [0.5, 0.6) is 5.75 Å². The van der Waals surface area contributed by atoms with E-state index in [1.165, 1.54) is 6.92 Å². The smallest absolute Gasteiger partial charge is 0.254 e. The first-order chi connectivity index (χ1) is 13.1. The first-order valence-corrected chi connectivity index (χ1v) is 9.45. The van der Waals surface area contributed by atoms with Crippen LogP contribution in [-0.4, -0.2) is 35.3 Å². The number of fused-ring (bicyclic) bond motifs is 1. The van der Waals surface area contributed by atoms with Gasteiger partial charge in [0, 0.05) is 30.6 Å².